The van der Waals surface area contributed by atoms with Gasteiger partial charge in [-0.15, -0.1) is 0 Å². The first-order chi connectivity index (χ1) is 14.6. The molecule has 2 heterocycles. The molecule has 1 atom stereocenters. The van der Waals surface area contributed by atoms with Gasteiger partial charge in [0.2, 0.25) is 5.95 Å². The van der Waals surface area contributed by atoms with E-state index in [-0.39, 0.29) is 11.9 Å². The Balaban J connectivity index is 1.47. The minimum absolute atomic E-state index is 0.123. The fourth-order valence-corrected chi connectivity index (χ4v) is 3.66. The van der Waals surface area contributed by atoms with Crippen LogP contribution in [0.2, 0.25) is 0 Å². The van der Waals surface area contributed by atoms with E-state index in [2.05, 4.69) is 20.2 Å². The van der Waals surface area contributed by atoms with Crippen molar-refractivity contribution in [3.05, 3.63) is 72.1 Å². The van der Waals surface area contributed by atoms with Crippen LogP contribution in [0.1, 0.15) is 41.7 Å². The minimum Gasteiger partial charge on any atom is -0.497 e. The zero-order valence-corrected chi connectivity index (χ0v) is 17.3. The number of ether oxygens (including phenoxy) is 1. The number of carbonyl (C=O) groups excluding carboxylic acids is 1. The predicted octanol–water partition coefficient (Wildman–Crippen LogP) is 4.24. The smallest absolute Gasteiger partial charge is 0.251 e. The monoisotopic (exact) mass is 402 g/mol. The molecule has 2 aromatic carbocycles. The fraction of sp³-hybridized carbons (Fsp3) is 0.292. The molecular weight excluding hydrogens is 376 g/mol. The molecule has 1 aliphatic heterocycles. The molecule has 4 rings (SSSR count). The van der Waals surface area contributed by atoms with Crippen molar-refractivity contribution in [2.24, 2.45) is 0 Å². The van der Waals surface area contributed by atoms with E-state index in [9.17, 15) is 4.79 Å². The summed E-state index contributed by atoms with van der Waals surface area (Å²) in [7, 11) is 1.63. The Morgan fingerprint density at radius 1 is 1.03 bits per heavy atom. The fourth-order valence-electron chi connectivity index (χ4n) is 3.66. The van der Waals surface area contributed by atoms with Crippen molar-refractivity contribution < 1.29 is 9.53 Å². The molecule has 1 aliphatic rings. The van der Waals surface area contributed by atoms with Gasteiger partial charge in [-0.2, -0.15) is 0 Å². The summed E-state index contributed by atoms with van der Waals surface area (Å²) in [5.74, 6) is 1.42. The summed E-state index contributed by atoms with van der Waals surface area (Å²) < 4.78 is 5.27. The molecule has 3 aromatic rings. The highest BCUT2D eigenvalue weighted by molar-refractivity contribution is 5.95. The third kappa shape index (κ3) is 4.43. The van der Waals surface area contributed by atoms with Gasteiger partial charge in [0.25, 0.3) is 5.91 Å². The maximum absolute atomic E-state index is 12.8. The molecule has 1 aromatic heterocycles. The Morgan fingerprint density at radius 2 is 1.77 bits per heavy atom. The first-order valence-electron chi connectivity index (χ1n) is 10.3. The van der Waals surface area contributed by atoms with Gasteiger partial charge in [0.15, 0.2) is 0 Å². The topological polar surface area (TPSA) is 67.3 Å². The number of nitrogens with zero attached hydrogens (tertiary/aromatic N) is 3. The van der Waals surface area contributed by atoms with Crippen LogP contribution in [0.25, 0.3) is 11.1 Å². The van der Waals surface area contributed by atoms with Gasteiger partial charge in [-0.25, -0.2) is 9.97 Å². The number of hydrogen-bond donors (Lipinski definition) is 1. The second-order valence-electron chi connectivity index (χ2n) is 7.52. The maximum Gasteiger partial charge on any atom is 0.251 e. The number of methoxy groups -OCH3 is 1. The molecule has 0 saturated carbocycles. The first kappa shape index (κ1) is 19.9. The van der Waals surface area contributed by atoms with Crippen LogP contribution in [0.15, 0.2) is 60.9 Å². The largest absolute Gasteiger partial charge is 0.497 e. The highest BCUT2D eigenvalue weighted by atomic mass is 16.5. The van der Waals surface area contributed by atoms with Crippen molar-refractivity contribution in [1.82, 2.24) is 15.3 Å². The van der Waals surface area contributed by atoms with E-state index in [0.717, 1.165) is 41.5 Å². The molecule has 0 bridgehead atoms. The zero-order chi connectivity index (χ0) is 20.9. The van der Waals surface area contributed by atoms with Crippen LogP contribution >= 0.6 is 0 Å². The average Bonchev–Trinajstić information content (AvgIpc) is 3.34. The maximum atomic E-state index is 12.8. The Labute approximate surface area is 176 Å². The van der Waals surface area contributed by atoms with Gasteiger partial charge < -0.3 is 15.0 Å². The molecule has 0 radical (unpaired) electrons. The van der Waals surface area contributed by atoms with Gasteiger partial charge >= 0.3 is 0 Å². The van der Waals surface area contributed by atoms with Crippen LogP contribution in [0, 0.1) is 0 Å². The zero-order valence-electron chi connectivity index (χ0n) is 17.3. The SMILES string of the molecule is COc1cccc(C(C)NC(=O)c2cccc(-c3cnc(N4CCCC4)nc3)c2)c1. The molecule has 1 unspecified atom stereocenters. The predicted molar refractivity (Wildman–Crippen MR) is 118 cm³/mol. The van der Waals surface area contributed by atoms with E-state index in [0.29, 0.717) is 5.56 Å². The number of benzene rings is 2. The third-order valence-electron chi connectivity index (χ3n) is 5.43. The lowest BCUT2D eigenvalue weighted by Crippen LogP contribution is -2.26. The van der Waals surface area contributed by atoms with E-state index < -0.39 is 0 Å². The number of anilines is 1. The lowest BCUT2D eigenvalue weighted by Gasteiger charge is -2.16. The standard InChI is InChI=1S/C24H26N4O2/c1-17(18-7-6-10-22(14-18)30-2)27-23(29)20-9-5-8-19(13-20)21-15-25-24(26-16-21)28-11-3-4-12-28/h5-10,13-17H,3-4,11-12H2,1-2H3,(H,27,29). The summed E-state index contributed by atoms with van der Waals surface area (Å²) in [5.41, 5.74) is 3.41. The molecule has 0 spiro atoms. The second kappa shape index (κ2) is 8.95. The van der Waals surface area contributed by atoms with Gasteiger partial charge in [0.05, 0.1) is 13.2 Å². The number of aromatic nitrogens is 2. The molecule has 1 amide bonds. The minimum atomic E-state index is -0.140. The Morgan fingerprint density at radius 3 is 2.50 bits per heavy atom. The van der Waals surface area contributed by atoms with Crippen LogP contribution in [-0.2, 0) is 0 Å². The molecule has 6 heteroatoms. The van der Waals surface area contributed by atoms with E-state index in [1.165, 1.54) is 12.8 Å². The lowest BCUT2D eigenvalue weighted by molar-refractivity contribution is 0.0940. The third-order valence-corrected chi connectivity index (χ3v) is 5.43. The number of rotatable bonds is 6. The molecule has 1 saturated heterocycles. The van der Waals surface area contributed by atoms with E-state index in [1.54, 1.807) is 7.11 Å². The van der Waals surface area contributed by atoms with Gasteiger partial charge in [0.1, 0.15) is 5.75 Å². The van der Waals surface area contributed by atoms with Crippen molar-refractivity contribution in [1.29, 1.82) is 0 Å². The summed E-state index contributed by atoms with van der Waals surface area (Å²) in [6.07, 6.45) is 6.04. The van der Waals surface area contributed by atoms with Crippen molar-refractivity contribution in [3.8, 4) is 16.9 Å². The van der Waals surface area contributed by atoms with E-state index in [1.807, 2.05) is 67.8 Å². The quantitative estimate of drug-likeness (QED) is 0.668. The molecule has 30 heavy (non-hydrogen) atoms. The number of amides is 1. The summed E-state index contributed by atoms with van der Waals surface area (Å²) in [6.45, 7) is 3.99. The Hall–Kier alpha value is -3.41. The Kier molecular flexibility index (Phi) is 5.93. The molecule has 1 fully saturated rings. The Bertz CT molecular complexity index is 1010. The normalized spacial score (nSPS) is 14.4. The molecule has 6 nitrogen and oxygen atoms in total. The van der Waals surface area contributed by atoms with Crippen LogP contribution in [-0.4, -0.2) is 36.1 Å². The van der Waals surface area contributed by atoms with E-state index in [4.69, 9.17) is 4.74 Å². The van der Waals surface area contributed by atoms with Crippen LogP contribution in [0.4, 0.5) is 5.95 Å². The van der Waals surface area contributed by atoms with Gasteiger partial charge in [-0.3, -0.25) is 4.79 Å². The van der Waals surface area contributed by atoms with Gasteiger partial charge in [0, 0.05) is 36.6 Å². The summed E-state index contributed by atoms with van der Waals surface area (Å²) in [4.78, 5) is 24.1. The van der Waals surface area contributed by atoms with Crippen LogP contribution < -0.4 is 15.0 Å². The molecular formula is C24H26N4O2. The number of hydrogen-bond acceptors (Lipinski definition) is 5. The summed E-state index contributed by atoms with van der Waals surface area (Å²) in [6, 6.07) is 15.1. The first-order valence-corrected chi connectivity index (χ1v) is 10.3. The highest BCUT2D eigenvalue weighted by Crippen LogP contribution is 2.23. The number of carbonyl (C=O) groups is 1. The van der Waals surface area contributed by atoms with Crippen molar-refractivity contribution in [2.45, 2.75) is 25.8 Å². The van der Waals surface area contributed by atoms with Crippen molar-refractivity contribution in [2.75, 3.05) is 25.1 Å². The molecule has 154 valence electrons. The van der Waals surface area contributed by atoms with Gasteiger partial charge in [-0.05, 0) is 55.2 Å². The van der Waals surface area contributed by atoms with Crippen LogP contribution in [0.5, 0.6) is 5.75 Å². The second-order valence-corrected chi connectivity index (χ2v) is 7.52. The molecule has 0 aliphatic carbocycles. The van der Waals surface area contributed by atoms with Crippen molar-refractivity contribution in [3.63, 3.8) is 0 Å². The molecule has 1 N–H and O–H groups in total. The van der Waals surface area contributed by atoms with Crippen molar-refractivity contribution >= 4 is 11.9 Å². The lowest BCUT2D eigenvalue weighted by atomic mass is 10.0. The average molecular weight is 402 g/mol. The van der Waals surface area contributed by atoms with Crippen LogP contribution in [0.3, 0.4) is 0 Å². The van der Waals surface area contributed by atoms with Gasteiger partial charge in [-0.1, -0.05) is 24.3 Å². The summed E-state index contributed by atoms with van der Waals surface area (Å²) >= 11 is 0. The number of nitrogens with one attached hydrogen (secondary N) is 1. The van der Waals surface area contributed by atoms with E-state index >= 15 is 0 Å². The summed E-state index contributed by atoms with van der Waals surface area (Å²) in [5, 5.41) is 3.06. The highest BCUT2D eigenvalue weighted by Gasteiger charge is 2.16.